The Balaban J connectivity index is 0.00000659. The van der Waals surface area contributed by atoms with Crippen LogP contribution in [0, 0.1) is 17.8 Å². The molecule has 4 aliphatic heterocycles. The molecule has 4 saturated heterocycles. The van der Waals surface area contributed by atoms with Crippen LogP contribution < -0.4 is 19.2 Å². The van der Waals surface area contributed by atoms with Crippen LogP contribution in [-0.2, 0) is 42.1 Å². The minimum absolute atomic E-state index is 0. The summed E-state index contributed by atoms with van der Waals surface area (Å²) in [6, 6.07) is 28.5. The van der Waals surface area contributed by atoms with Gasteiger partial charge in [0.05, 0.1) is 24.3 Å². The van der Waals surface area contributed by atoms with Gasteiger partial charge in [0.25, 0.3) is 0 Å². The number of ether oxygens (including phenoxy) is 5. The van der Waals surface area contributed by atoms with E-state index in [1.807, 2.05) is 54.6 Å². The van der Waals surface area contributed by atoms with E-state index in [0.29, 0.717) is 45.4 Å². The minimum atomic E-state index is -3.87. The van der Waals surface area contributed by atoms with Gasteiger partial charge in [0.2, 0.25) is 10.0 Å². The van der Waals surface area contributed by atoms with Gasteiger partial charge in [-0.05, 0) is 115 Å². The number of pyridine rings is 1. The number of aromatic nitrogens is 1. The summed E-state index contributed by atoms with van der Waals surface area (Å²) in [4.78, 5) is 32.3. The van der Waals surface area contributed by atoms with Crippen LogP contribution in [0.3, 0.4) is 0 Å². The Bertz CT molecular complexity index is 2680. The molecular weight excluding hydrogens is 968 g/mol. The van der Waals surface area contributed by atoms with Crippen molar-refractivity contribution in [2.45, 2.75) is 81.2 Å². The Morgan fingerprint density at radius 2 is 1.47 bits per heavy atom. The lowest BCUT2D eigenvalue weighted by molar-refractivity contribution is -0.377. The molecule has 5 heterocycles. The summed E-state index contributed by atoms with van der Waals surface area (Å²) in [7, 11) is -3.87. The van der Waals surface area contributed by atoms with Crippen molar-refractivity contribution in [3.8, 4) is 17.2 Å². The highest BCUT2D eigenvalue weighted by molar-refractivity contribution is 7.89. The molecule has 0 radical (unpaired) electrons. The summed E-state index contributed by atoms with van der Waals surface area (Å²) < 4.78 is 84.2. The van der Waals surface area contributed by atoms with Gasteiger partial charge in [-0.15, -0.1) is 0 Å². The molecule has 1 aromatic heterocycles. The molecule has 2 N–H and O–H groups in total. The van der Waals surface area contributed by atoms with Crippen LogP contribution in [0.2, 0.25) is 10.0 Å². The normalized spacial score (nSPS) is 19.9. The van der Waals surface area contributed by atoms with Crippen molar-refractivity contribution in [3.05, 3.63) is 147 Å². The zero-order valence-electron chi connectivity index (χ0n) is 38.3. The van der Waals surface area contributed by atoms with Crippen molar-refractivity contribution in [1.82, 2.24) is 9.21 Å². The van der Waals surface area contributed by atoms with Gasteiger partial charge in [0, 0.05) is 37.5 Å². The van der Waals surface area contributed by atoms with Gasteiger partial charge >= 0.3 is 18.6 Å². The first-order valence-electron chi connectivity index (χ1n) is 23.4. The molecule has 3 atom stereocenters. The van der Waals surface area contributed by atoms with Crippen LogP contribution >= 0.6 is 23.2 Å². The first-order chi connectivity index (χ1) is 33.3. The number of fused-ring (bicyclic) bond motifs is 3. The van der Waals surface area contributed by atoms with E-state index in [2.05, 4.69) is 9.88 Å². The van der Waals surface area contributed by atoms with Crippen LogP contribution in [-0.4, -0.2) is 87.1 Å². The fourth-order valence-corrected chi connectivity index (χ4v) is 11.5. The predicted octanol–water partition coefficient (Wildman–Crippen LogP) is 9.30. The molecule has 2 bridgehead atoms. The summed E-state index contributed by atoms with van der Waals surface area (Å²) in [5.74, 6) is -0.0423. The van der Waals surface area contributed by atoms with Gasteiger partial charge in [-0.25, -0.2) is 13.4 Å². The van der Waals surface area contributed by atoms with Gasteiger partial charge in [0.1, 0.15) is 34.6 Å². The third-order valence-corrected chi connectivity index (χ3v) is 16.0. The monoisotopic (exact) mass is 1020 g/mol. The molecule has 5 aromatic rings. The number of rotatable bonds is 21. The Hall–Kier alpha value is -5.36. The highest BCUT2D eigenvalue weighted by Crippen LogP contribution is 2.39. The number of hydrogen-bond acceptors (Lipinski definition) is 11. The van der Waals surface area contributed by atoms with Crippen molar-refractivity contribution in [2.24, 2.45) is 17.8 Å². The first-order valence-corrected chi connectivity index (χ1v) is 25.6. The second-order valence-corrected chi connectivity index (χ2v) is 21.1. The van der Waals surface area contributed by atoms with E-state index >= 15 is 0 Å². The predicted molar refractivity (Wildman–Crippen MR) is 255 cm³/mol. The van der Waals surface area contributed by atoms with Crippen LogP contribution in [0.4, 0.5) is 8.78 Å². The van der Waals surface area contributed by atoms with E-state index in [4.69, 9.17) is 46.9 Å². The lowest BCUT2D eigenvalue weighted by Crippen LogP contribution is -2.52. The number of halogens is 4. The maximum absolute atomic E-state index is 13.7. The number of aromatic amines is 1. The van der Waals surface area contributed by atoms with Crippen molar-refractivity contribution in [2.75, 3.05) is 39.3 Å². The highest BCUT2D eigenvalue weighted by atomic mass is 35.5. The van der Waals surface area contributed by atoms with E-state index in [1.54, 1.807) is 36.7 Å². The number of nitrogens with zero attached hydrogens (tertiary/aromatic N) is 2. The standard InChI is InChI=1S/C52H53Cl2F2N3O9S.H2O/c53-44-26-57-27-45(54)43(44)24-47(39-13-16-46(68-52(55)56)48(23-39)65-32-33-9-10-33)66-50(60)21-35-28-59(29-35)69(62,63)41-14-11-34(12-15-41)31-64-40-8-4-7-38(22-40)42(36-5-2-1-3-6-36)25-51(61)67-49-30-58-19-17-37(49)18-20-58;/h1-8,11-16,22-23,26-27,33,35,37,42,47,49,52H,9-10,17-21,24-25,28-32H2;1H2/t42-,47-,49-;/m0./s1. The first kappa shape index (κ1) is 51.0. The molecule has 0 unspecified atom stereocenters. The molecule has 5 fully saturated rings. The number of H-pyrrole nitrogens is 1. The summed E-state index contributed by atoms with van der Waals surface area (Å²) >= 11 is 13.0. The number of esters is 2. The Labute approximate surface area is 416 Å². The van der Waals surface area contributed by atoms with Gasteiger partial charge < -0.3 is 29.2 Å². The fourth-order valence-electron chi connectivity index (χ4n) is 9.33. The number of carbonyl (C=O) groups is 2. The smallest absolute Gasteiger partial charge is 0.387 e. The van der Waals surface area contributed by atoms with Crippen molar-refractivity contribution in [1.29, 1.82) is 0 Å². The Kier molecular flexibility index (Phi) is 16.6. The molecule has 0 amide bonds. The van der Waals surface area contributed by atoms with Gasteiger partial charge in [-0.1, -0.05) is 83.9 Å². The Morgan fingerprint density at radius 3 is 2.14 bits per heavy atom. The average molecular weight is 1020 g/mol. The Morgan fingerprint density at radius 1 is 0.757 bits per heavy atom. The number of alkyl halides is 2. The summed E-state index contributed by atoms with van der Waals surface area (Å²) in [6.45, 7) is 0.587. The molecule has 4 aromatic carbocycles. The molecule has 13 nitrogen and oxygen atoms in total. The largest absolute Gasteiger partial charge is 0.870 e. The lowest BCUT2D eigenvalue weighted by Gasteiger charge is -2.44. The van der Waals surface area contributed by atoms with Gasteiger partial charge in [0.15, 0.2) is 23.9 Å². The van der Waals surface area contributed by atoms with E-state index in [-0.39, 0.29) is 84.7 Å². The van der Waals surface area contributed by atoms with E-state index in [1.165, 1.54) is 22.5 Å². The zero-order chi connectivity index (χ0) is 48.1. The molecule has 1 saturated carbocycles. The maximum atomic E-state index is 13.7. The van der Waals surface area contributed by atoms with E-state index in [9.17, 15) is 26.8 Å². The molecular formula is C52H55Cl2F2N3O10S. The fraction of sp³-hybridized carbons (Fsp3) is 0.404. The SMILES string of the molecule is O=C(CC1CN(S(=O)(=O)c2ccc(COc3cccc([C@@H](CC(=O)O[C@H]4CN5CCC4CC5)c4ccccc4)c3)cc2)C1)O[C@@H](Cc1c(Cl)c[nH+]cc1Cl)c1ccc(OC(F)F)c(OCC2CC2)c1.[OH-]. The van der Waals surface area contributed by atoms with E-state index < -0.39 is 28.7 Å². The summed E-state index contributed by atoms with van der Waals surface area (Å²) in [5, 5.41) is 0.612. The summed E-state index contributed by atoms with van der Waals surface area (Å²) in [5.41, 5.74) is 3.63. The van der Waals surface area contributed by atoms with Gasteiger partial charge in [-0.3, -0.25) is 14.5 Å². The second kappa shape index (κ2) is 22.8. The minimum Gasteiger partial charge on any atom is -0.870 e. The molecule has 0 spiro atoms. The molecule has 1 aliphatic carbocycles. The van der Waals surface area contributed by atoms with Crippen LogP contribution in [0.15, 0.2) is 114 Å². The van der Waals surface area contributed by atoms with Crippen LogP contribution in [0.5, 0.6) is 17.2 Å². The number of sulfonamides is 1. The third kappa shape index (κ3) is 12.7. The van der Waals surface area contributed by atoms with Crippen LogP contribution in [0.25, 0.3) is 0 Å². The number of benzene rings is 4. The van der Waals surface area contributed by atoms with E-state index in [0.717, 1.165) is 62.0 Å². The number of piperidine rings is 3. The maximum Gasteiger partial charge on any atom is 0.387 e. The van der Waals surface area contributed by atoms with Crippen LogP contribution in [0.1, 0.15) is 78.4 Å². The lowest BCUT2D eigenvalue weighted by atomic mass is 9.85. The van der Waals surface area contributed by atoms with Crippen molar-refractivity contribution in [3.63, 3.8) is 0 Å². The molecule has 10 rings (SSSR count). The molecule has 5 aliphatic rings. The second-order valence-electron chi connectivity index (χ2n) is 18.4. The molecule has 18 heteroatoms. The zero-order valence-corrected chi connectivity index (χ0v) is 40.6. The quantitative estimate of drug-likeness (QED) is 0.0644. The summed E-state index contributed by atoms with van der Waals surface area (Å²) in [6.07, 6.45) is 6.33. The third-order valence-electron chi connectivity index (χ3n) is 13.4. The number of hydrogen-bond donors (Lipinski definition) is 0. The molecule has 70 heavy (non-hydrogen) atoms. The van der Waals surface area contributed by atoms with Crippen molar-refractivity contribution >= 4 is 45.2 Å². The van der Waals surface area contributed by atoms with Gasteiger partial charge in [-0.2, -0.15) is 13.1 Å². The highest BCUT2D eigenvalue weighted by Gasteiger charge is 2.39. The number of carbonyl (C=O) groups excluding carboxylic acids is 2. The topological polar surface area (TPSA) is 165 Å². The number of nitrogens with one attached hydrogen (secondary N) is 1. The average Bonchev–Trinajstić information content (AvgIpc) is 4.17. The van der Waals surface area contributed by atoms with Crippen molar-refractivity contribution < 1.29 is 60.9 Å². The molecule has 372 valence electrons.